The highest BCUT2D eigenvalue weighted by molar-refractivity contribution is 5.34. The lowest BCUT2D eigenvalue weighted by atomic mass is 9.48. The van der Waals surface area contributed by atoms with Crippen LogP contribution in [0.5, 0.6) is 5.75 Å². The molecule has 4 aliphatic carbocycles. The Kier molecular flexibility index (Phi) is 5.41. The predicted octanol–water partition coefficient (Wildman–Crippen LogP) is 5.16. The summed E-state index contributed by atoms with van der Waals surface area (Å²) >= 11 is 0. The van der Waals surface area contributed by atoms with Crippen LogP contribution in [0.1, 0.15) is 77.2 Å². The highest BCUT2D eigenvalue weighted by Crippen LogP contribution is 2.60. The first-order chi connectivity index (χ1) is 14.0. The fourth-order valence-corrected chi connectivity index (χ4v) is 7.69. The van der Waals surface area contributed by atoms with Crippen LogP contribution in [0.25, 0.3) is 0 Å². The summed E-state index contributed by atoms with van der Waals surface area (Å²) in [6.07, 6.45) is 12.1. The van der Waals surface area contributed by atoms with E-state index in [0.717, 1.165) is 23.5 Å². The van der Waals surface area contributed by atoms with Gasteiger partial charge in [0.05, 0.1) is 0 Å². The third-order valence-electron chi connectivity index (χ3n) is 8.74. The second-order valence-corrected chi connectivity index (χ2v) is 11.0. The third-order valence-corrected chi connectivity index (χ3v) is 8.74. The molecule has 5 aliphatic rings. The Morgan fingerprint density at radius 3 is 2.07 bits per heavy atom. The van der Waals surface area contributed by atoms with Crippen LogP contribution in [-0.2, 0) is 5.41 Å². The van der Waals surface area contributed by atoms with E-state index in [2.05, 4.69) is 43.0 Å². The third kappa shape index (κ3) is 3.97. The number of aliphatic hydroxyl groups is 1. The van der Waals surface area contributed by atoms with Gasteiger partial charge in [0.15, 0.2) is 0 Å². The van der Waals surface area contributed by atoms with Crippen molar-refractivity contribution in [2.75, 3.05) is 13.2 Å². The molecule has 1 aliphatic heterocycles. The van der Waals surface area contributed by atoms with Gasteiger partial charge in [-0.3, -0.25) is 4.90 Å². The number of benzene rings is 1. The molecule has 5 fully saturated rings. The minimum absolute atomic E-state index is 0.382. The van der Waals surface area contributed by atoms with E-state index in [-0.39, 0.29) is 0 Å². The van der Waals surface area contributed by atoms with E-state index >= 15 is 0 Å². The number of hydrogen-bond donors (Lipinski definition) is 1. The summed E-state index contributed by atoms with van der Waals surface area (Å²) in [6.45, 7) is 5.67. The number of aliphatic hydroxyl groups excluding tert-OH is 1. The van der Waals surface area contributed by atoms with Crippen molar-refractivity contribution in [3.63, 3.8) is 0 Å². The van der Waals surface area contributed by atoms with Crippen LogP contribution in [0.4, 0.5) is 0 Å². The standard InChI is InChI=1S/C26H39NO2/c1-18-4-3-5-19(2)27(18)16-24(28)17-29-25-8-6-23(7-9-25)26-13-20-10-21(14-26)12-22(11-20)15-26/h6-9,18-22,24,28H,3-5,10-17H2,1-2H3/t18-,19+,20?,21?,22?,24-,26?/m0/s1. The zero-order valence-corrected chi connectivity index (χ0v) is 18.4. The normalized spacial score (nSPS) is 40.2. The second kappa shape index (κ2) is 7.89. The van der Waals surface area contributed by atoms with Crippen LogP contribution >= 0.6 is 0 Å². The molecule has 3 atom stereocenters. The van der Waals surface area contributed by atoms with Crippen molar-refractivity contribution in [2.24, 2.45) is 17.8 Å². The summed E-state index contributed by atoms with van der Waals surface area (Å²) in [4.78, 5) is 2.45. The molecule has 6 rings (SSSR count). The summed E-state index contributed by atoms with van der Waals surface area (Å²) in [7, 11) is 0. The number of rotatable bonds is 6. The largest absolute Gasteiger partial charge is 0.491 e. The maximum atomic E-state index is 10.5. The Morgan fingerprint density at radius 1 is 0.966 bits per heavy atom. The lowest BCUT2D eigenvalue weighted by molar-refractivity contribution is -0.00524. The average molecular weight is 398 g/mol. The fourth-order valence-electron chi connectivity index (χ4n) is 7.69. The minimum Gasteiger partial charge on any atom is -0.491 e. The van der Waals surface area contributed by atoms with Gasteiger partial charge in [-0.15, -0.1) is 0 Å². The summed E-state index contributed by atoms with van der Waals surface area (Å²) < 4.78 is 5.98. The molecule has 1 saturated heterocycles. The molecule has 1 aromatic carbocycles. The van der Waals surface area contributed by atoms with Crippen molar-refractivity contribution >= 4 is 0 Å². The molecule has 1 aromatic rings. The highest BCUT2D eigenvalue weighted by Gasteiger charge is 2.51. The van der Waals surface area contributed by atoms with Gasteiger partial charge < -0.3 is 9.84 Å². The van der Waals surface area contributed by atoms with Crippen LogP contribution in [0, 0.1) is 17.8 Å². The molecule has 0 amide bonds. The van der Waals surface area contributed by atoms with Gasteiger partial charge in [0.25, 0.3) is 0 Å². The van der Waals surface area contributed by atoms with Gasteiger partial charge in [0.2, 0.25) is 0 Å². The molecule has 4 bridgehead atoms. The molecule has 0 aromatic heterocycles. The lowest BCUT2D eigenvalue weighted by Crippen LogP contribution is -2.48. The number of nitrogens with zero attached hydrogens (tertiary/aromatic N) is 1. The monoisotopic (exact) mass is 397 g/mol. The summed E-state index contributed by atoms with van der Waals surface area (Å²) in [5.74, 6) is 3.84. The number of β-amino-alcohol motifs (C(OH)–C–C–N with tert-alkyl or cyclic N) is 1. The number of likely N-dealkylation sites (tertiary alicyclic amines) is 1. The zero-order valence-electron chi connectivity index (χ0n) is 18.4. The molecule has 1 N–H and O–H groups in total. The minimum atomic E-state index is -0.430. The molecule has 4 saturated carbocycles. The average Bonchev–Trinajstić information content (AvgIpc) is 2.69. The van der Waals surface area contributed by atoms with E-state index in [9.17, 15) is 5.11 Å². The molecular weight excluding hydrogens is 358 g/mol. The molecule has 3 heteroatoms. The maximum absolute atomic E-state index is 10.5. The second-order valence-electron chi connectivity index (χ2n) is 11.0. The topological polar surface area (TPSA) is 32.7 Å². The van der Waals surface area contributed by atoms with Crippen molar-refractivity contribution in [3.05, 3.63) is 29.8 Å². The van der Waals surface area contributed by atoms with Gasteiger partial charge in [0.1, 0.15) is 18.5 Å². The molecule has 3 nitrogen and oxygen atoms in total. The Balaban J connectivity index is 1.17. The van der Waals surface area contributed by atoms with Crippen LogP contribution in [0.2, 0.25) is 0 Å². The lowest BCUT2D eigenvalue weighted by Gasteiger charge is -2.57. The Bertz CT molecular complexity index is 654. The van der Waals surface area contributed by atoms with Crippen molar-refractivity contribution in [1.82, 2.24) is 4.90 Å². The van der Waals surface area contributed by atoms with E-state index in [0.29, 0.717) is 30.7 Å². The first-order valence-corrected chi connectivity index (χ1v) is 12.2. The van der Waals surface area contributed by atoms with Crippen LogP contribution in [0.15, 0.2) is 24.3 Å². The van der Waals surface area contributed by atoms with Gasteiger partial charge in [-0.25, -0.2) is 0 Å². The fraction of sp³-hybridized carbons (Fsp3) is 0.769. The Hall–Kier alpha value is -1.06. The smallest absolute Gasteiger partial charge is 0.119 e. The SMILES string of the molecule is C[C@@H]1CCC[C@H](C)N1C[C@H](O)COc1ccc(C23CC4CC(CC(C4)C2)C3)cc1. The molecule has 29 heavy (non-hydrogen) atoms. The van der Waals surface area contributed by atoms with Crippen LogP contribution in [-0.4, -0.2) is 41.3 Å². The molecular formula is C26H39NO2. The molecule has 0 unspecified atom stereocenters. The van der Waals surface area contributed by atoms with Gasteiger partial charge in [-0.1, -0.05) is 18.6 Å². The molecule has 160 valence electrons. The molecule has 1 heterocycles. The van der Waals surface area contributed by atoms with E-state index in [1.54, 1.807) is 5.56 Å². The van der Waals surface area contributed by atoms with E-state index in [1.165, 1.54) is 57.8 Å². The quantitative estimate of drug-likeness (QED) is 0.720. The van der Waals surface area contributed by atoms with Crippen molar-refractivity contribution < 1.29 is 9.84 Å². The zero-order chi connectivity index (χ0) is 20.0. The number of piperidine rings is 1. The van der Waals surface area contributed by atoms with Crippen LogP contribution in [0.3, 0.4) is 0 Å². The number of hydrogen-bond acceptors (Lipinski definition) is 3. The van der Waals surface area contributed by atoms with E-state index < -0.39 is 6.10 Å². The summed E-state index contributed by atoms with van der Waals surface area (Å²) in [5, 5.41) is 10.5. The van der Waals surface area contributed by atoms with Crippen molar-refractivity contribution in [1.29, 1.82) is 0 Å². The van der Waals surface area contributed by atoms with Gasteiger partial charge >= 0.3 is 0 Å². The first-order valence-electron chi connectivity index (χ1n) is 12.2. The Morgan fingerprint density at radius 2 is 1.52 bits per heavy atom. The maximum Gasteiger partial charge on any atom is 0.119 e. The van der Waals surface area contributed by atoms with Crippen molar-refractivity contribution in [3.8, 4) is 5.75 Å². The Labute approximate surface area is 176 Å². The first kappa shape index (κ1) is 19.9. The molecule has 0 spiro atoms. The van der Waals surface area contributed by atoms with E-state index in [4.69, 9.17) is 4.74 Å². The predicted molar refractivity (Wildman–Crippen MR) is 117 cm³/mol. The summed E-state index contributed by atoms with van der Waals surface area (Å²) in [6, 6.07) is 10.1. The molecule has 0 radical (unpaired) electrons. The van der Waals surface area contributed by atoms with Crippen molar-refractivity contribution in [2.45, 2.75) is 95.2 Å². The van der Waals surface area contributed by atoms with Gasteiger partial charge in [-0.05, 0) is 106 Å². The highest BCUT2D eigenvalue weighted by atomic mass is 16.5. The van der Waals surface area contributed by atoms with Gasteiger partial charge in [0, 0.05) is 18.6 Å². The van der Waals surface area contributed by atoms with E-state index in [1.807, 2.05) is 0 Å². The van der Waals surface area contributed by atoms with Gasteiger partial charge in [-0.2, -0.15) is 0 Å². The summed E-state index contributed by atoms with van der Waals surface area (Å²) in [5.41, 5.74) is 1.99. The van der Waals surface area contributed by atoms with Crippen LogP contribution < -0.4 is 4.74 Å². The number of ether oxygens (including phenoxy) is 1.